The van der Waals surface area contributed by atoms with Crippen LogP contribution in [-0.4, -0.2) is 12.0 Å². The second kappa shape index (κ2) is 4.56. The quantitative estimate of drug-likeness (QED) is 0.832. The van der Waals surface area contributed by atoms with Crippen LogP contribution in [0.5, 0.6) is 0 Å². The van der Waals surface area contributed by atoms with Gasteiger partial charge in [-0.15, -0.1) is 0 Å². The smallest absolute Gasteiger partial charge is 0.387 e. The molecule has 0 unspecified atom stereocenters. The molecule has 0 aliphatic rings. The van der Waals surface area contributed by atoms with Crippen molar-refractivity contribution in [3.63, 3.8) is 0 Å². The zero-order valence-corrected chi connectivity index (χ0v) is 11.4. The first-order chi connectivity index (χ1) is 8.75. The number of pyridine rings is 1. The van der Waals surface area contributed by atoms with Gasteiger partial charge in [0.05, 0.1) is 5.52 Å². The highest BCUT2D eigenvalue weighted by atomic mass is 35.5. The van der Waals surface area contributed by atoms with Crippen LogP contribution in [0.4, 0.5) is 18.9 Å². The standard InChI is InChI=1S/C13H12ClF3N2/c1-6-4-8(14)5-9-10(6)19-12(13(15,16)17)7(2)11(9)18-3/h4-5H,1-3H3,(H,18,19). The molecule has 0 saturated carbocycles. The van der Waals surface area contributed by atoms with E-state index in [1.807, 2.05) is 0 Å². The lowest BCUT2D eigenvalue weighted by Gasteiger charge is -2.17. The van der Waals surface area contributed by atoms with Crippen LogP contribution in [0, 0.1) is 13.8 Å². The monoisotopic (exact) mass is 288 g/mol. The van der Waals surface area contributed by atoms with Crippen LogP contribution in [-0.2, 0) is 6.18 Å². The maximum atomic E-state index is 13.0. The van der Waals surface area contributed by atoms with Gasteiger partial charge < -0.3 is 5.32 Å². The SMILES string of the molecule is CNc1c(C)c(C(F)(F)F)nc2c(C)cc(Cl)cc12. The second-order valence-corrected chi connectivity index (χ2v) is 4.76. The van der Waals surface area contributed by atoms with Crippen molar-refractivity contribution < 1.29 is 13.2 Å². The Morgan fingerprint density at radius 3 is 2.37 bits per heavy atom. The molecule has 1 N–H and O–H groups in total. The minimum Gasteiger partial charge on any atom is -0.387 e. The molecule has 0 aliphatic carbocycles. The van der Waals surface area contributed by atoms with Crippen LogP contribution >= 0.6 is 11.6 Å². The minimum absolute atomic E-state index is 0.0733. The number of nitrogens with zero attached hydrogens (tertiary/aromatic N) is 1. The molecule has 0 amide bonds. The molecular formula is C13H12ClF3N2. The molecule has 102 valence electrons. The highest BCUT2D eigenvalue weighted by Gasteiger charge is 2.36. The predicted octanol–water partition coefficient (Wildman–Crippen LogP) is 4.57. The van der Waals surface area contributed by atoms with E-state index in [0.717, 1.165) is 0 Å². The Bertz CT molecular complexity index is 651. The van der Waals surface area contributed by atoms with Gasteiger partial charge in [-0.2, -0.15) is 13.2 Å². The third-order valence-electron chi connectivity index (χ3n) is 3.01. The highest BCUT2D eigenvalue weighted by Crippen LogP contribution is 2.38. The second-order valence-electron chi connectivity index (χ2n) is 4.33. The summed E-state index contributed by atoms with van der Waals surface area (Å²) in [5, 5.41) is 3.88. The number of alkyl halides is 3. The average Bonchev–Trinajstić information content (AvgIpc) is 2.26. The maximum absolute atomic E-state index is 13.0. The van der Waals surface area contributed by atoms with Crippen LogP contribution in [0.2, 0.25) is 5.02 Å². The molecule has 1 aromatic carbocycles. The summed E-state index contributed by atoms with van der Waals surface area (Å²) in [5.74, 6) is 0. The summed E-state index contributed by atoms with van der Waals surface area (Å²) in [6.07, 6.45) is -4.48. The largest absolute Gasteiger partial charge is 0.433 e. The van der Waals surface area contributed by atoms with Gasteiger partial charge >= 0.3 is 6.18 Å². The molecule has 0 aliphatic heterocycles. The normalized spacial score (nSPS) is 11.9. The van der Waals surface area contributed by atoms with Gasteiger partial charge in [0.2, 0.25) is 0 Å². The Morgan fingerprint density at radius 2 is 1.84 bits per heavy atom. The fraction of sp³-hybridized carbons (Fsp3) is 0.308. The Morgan fingerprint density at radius 1 is 1.21 bits per heavy atom. The lowest BCUT2D eigenvalue weighted by atomic mass is 10.0. The molecule has 0 bridgehead atoms. The molecule has 19 heavy (non-hydrogen) atoms. The van der Waals surface area contributed by atoms with Crippen molar-refractivity contribution in [1.29, 1.82) is 0 Å². The summed E-state index contributed by atoms with van der Waals surface area (Å²) in [6.45, 7) is 3.09. The maximum Gasteiger partial charge on any atom is 0.433 e. The van der Waals surface area contributed by atoms with Crippen molar-refractivity contribution in [2.45, 2.75) is 20.0 Å². The van der Waals surface area contributed by atoms with Crippen LogP contribution in [0.25, 0.3) is 10.9 Å². The van der Waals surface area contributed by atoms with Crippen molar-refractivity contribution >= 4 is 28.2 Å². The van der Waals surface area contributed by atoms with Gasteiger partial charge in [-0.05, 0) is 31.5 Å². The van der Waals surface area contributed by atoms with E-state index in [1.165, 1.54) is 6.92 Å². The molecule has 1 aromatic heterocycles. The number of rotatable bonds is 1. The zero-order valence-electron chi connectivity index (χ0n) is 10.6. The van der Waals surface area contributed by atoms with Crippen molar-refractivity contribution in [3.05, 3.63) is 34.0 Å². The van der Waals surface area contributed by atoms with Gasteiger partial charge in [0, 0.05) is 28.7 Å². The first-order valence-corrected chi connectivity index (χ1v) is 5.99. The highest BCUT2D eigenvalue weighted by molar-refractivity contribution is 6.31. The lowest BCUT2D eigenvalue weighted by Crippen LogP contribution is -2.13. The van der Waals surface area contributed by atoms with E-state index in [9.17, 15) is 13.2 Å². The molecule has 0 saturated heterocycles. The first kappa shape index (κ1) is 13.9. The molecule has 1 heterocycles. The molecule has 0 fully saturated rings. The van der Waals surface area contributed by atoms with Gasteiger partial charge in [0.1, 0.15) is 5.69 Å². The van der Waals surface area contributed by atoms with Crippen LogP contribution in [0.1, 0.15) is 16.8 Å². The summed E-state index contributed by atoms with van der Waals surface area (Å²) in [4.78, 5) is 3.77. The number of hydrogen-bond donors (Lipinski definition) is 1. The van der Waals surface area contributed by atoms with E-state index < -0.39 is 11.9 Å². The van der Waals surface area contributed by atoms with Gasteiger partial charge in [0.15, 0.2) is 0 Å². The number of aromatic nitrogens is 1. The van der Waals surface area contributed by atoms with Crippen LogP contribution in [0.3, 0.4) is 0 Å². The van der Waals surface area contributed by atoms with Crippen molar-refractivity contribution in [1.82, 2.24) is 4.98 Å². The van der Waals surface area contributed by atoms with E-state index in [4.69, 9.17) is 11.6 Å². The summed E-state index contributed by atoms with van der Waals surface area (Å²) in [6, 6.07) is 3.22. The molecule has 0 spiro atoms. The summed E-state index contributed by atoms with van der Waals surface area (Å²) >= 11 is 5.96. The molecule has 2 nitrogen and oxygen atoms in total. The predicted molar refractivity (Wildman–Crippen MR) is 70.8 cm³/mol. The van der Waals surface area contributed by atoms with E-state index in [0.29, 0.717) is 27.2 Å². The number of halogens is 4. The minimum atomic E-state index is -4.48. The van der Waals surface area contributed by atoms with E-state index in [2.05, 4.69) is 10.3 Å². The Kier molecular flexibility index (Phi) is 3.34. The van der Waals surface area contributed by atoms with Crippen molar-refractivity contribution in [3.8, 4) is 0 Å². The number of hydrogen-bond acceptors (Lipinski definition) is 2. The number of anilines is 1. The van der Waals surface area contributed by atoms with Gasteiger partial charge in [-0.1, -0.05) is 11.6 Å². The zero-order chi connectivity index (χ0) is 14.4. The van der Waals surface area contributed by atoms with E-state index in [1.54, 1.807) is 26.1 Å². The van der Waals surface area contributed by atoms with Crippen LogP contribution in [0.15, 0.2) is 12.1 Å². The fourth-order valence-electron chi connectivity index (χ4n) is 2.19. The number of benzene rings is 1. The number of nitrogens with one attached hydrogen (secondary N) is 1. The lowest BCUT2D eigenvalue weighted by molar-refractivity contribution is -0.141. The molecule has 0 atom stereocenters. The van der Waals surface area contributed by atoms with Gasteiger partial charge in [-0.3, -0.25) is 0 Å². The van der Waals surface area contributed by atoms with Crippen molar-refractivity contribution in [2.75, 3.05) is 12.4 Å². The number of aryl methyl sites for hydroxylation is 1. The van der Waals surface area contributed by atoms with Gasteiger partial charge in [-0.25, -0.2) is 4.98 Å². The van der Waals surface area contributed by atoms with Gasteiger partial charge in [0.25, 0.3) is 0 Å². The molecule has 0 radical (unpaired) electrons. The Hall–Kier alpha value is -1.49. The fourth-order valence-corrected chi connectivity index (χ4v) is 2.46. The third kappa shape index (κ3) is 2.34. The average molecular weight is 289 g/mol. The molecule has 2 aromatic rings. The Balaban J connectivity index is 2.95. The van der Waals surface area contributed by atoms with Crippen molar-refractivity contribution in [2.24, 2.45) is 0 Å². The van der Waals surface area contributed by atoms with Crippen LogP contribution < -0.4 is 5.32 Å². The molecule has 2 rings (SSSR count). The summed E-state index contributed by atoms with van der Waals surface area (Å²) in [7, 11) is 1.58. The third-order valence-corrected chi connectivity index (χ3v) is 3.23. The number of fused-ring (bicyclic) bond motifs is 1. The summed E-state index contributed by atoms with van der Waals surface area (Å²) < 4.78 is 39.0. The van der Waals surface area contributed by atoms with E-state index >= 15 is 0 Å². The summed E-state index contributed by atoms with van der Waals surface area (Å²) in [5.41, 5.74) is 0.540. The van der Waals surface area contributed by atoms with E-state index in [-0.39, 0.29) is 5.56 Å². The molecule has 6 heteroatoms. The Labute approximate surface area is 113 Å². The molecular weight excluding hydrogens is 277 g/mol. The topological polar surface area (TPSA) is 24.9 Å². The first-order valence-electron chi connectivity index (χ1n) is 5.61.